The summed E-state index contributed by atoms with van der Waals surface area (Å²) in [5, 5.41) is 0. The van der Waals surface area contributed by atoms with Crippen LogP contribution in [0.15, 0.2) is 24.3 Å². The highest BCUT2D eigenvalue weighted by atomic mass is 16.5. The molecule has 1 aliphatic carbocycles. The van der Waals surface area contributed by atoms with Crippen molar-refractivity contribution < 1.29 is 19.1 Å². The van der Waals surface area contributed by atoms with Gasteiger partial charge in [0.1, 0.15) is 12.7 Å². The SMILES string of the molecule is CN1C(=O)CCN(C(=O)C2CC2)CC(OCC(N)=O)c2ccccc21. The standard InChI is InChI=1S/C18H23N3O4/c1-20-14-5-3-2-4-13(14)15(25-11-16(19)22)10-21(9-8-17(20)23)18(24)12-6-7-12/h2-5,12,15H,6-11H2,1H3,(H2,19,22). The second-order valence-electron chi connectivity index (χ2n) is 6.59. The zero-order valence-corrected chi connectivity index (χ0v) is 14.3. The Hall–Kier alpha value is -2.41. The summed E-state index contributed by atoms with van der Waals surface area (Å²) in [6.07, 6.45) is 1.53. The van der Waals surface area contributed by atoms with Crippen molar-refractivity contribution in [3.05, 3.63) is 29.8 Å². The highest BCUT2D eigenvalue weighted by Crippen LogP contribution is 2.34. The van der Waals surface area contributed by atoms with Gasteiger partial charge in [-0.25, -0.2) is 0 Å². The first-order chi connectivity index (χ1) is 12.0. The van der Waals surface area contributed by atoms with E-state index in [1.165, 1.54) is 0 Å². The molecule has 3 rings (SSSR count). The van der Waals surface area contributed by atoms with Gasteiger partial charge in [0.15, 0.2) is 0 Å². The fourth-order valence-electron chi connectivity index (χ4n) is 3.10. The van der Waals surface area contributed by atoms with Crippen LogP contribution in [0.2, 0.25) is 0 Å². The minimum absolute atomic E-state index is 0.0561. The molecule has 1 unspecified atom stereocenters. The zero-order chi connectivity index (χ0) is 18.0. The molecule has 0 bridgehead atoms. The minimum Gasteiger partial charge on any atom is -0.368 e. The Labute approximate surface area is 146 Å². The van der Waals surface area contributed by atoms with Gasteiger partial charge in [0.2, 0.25) is 17.7 Å². The van der Waals surface area contributed by atoms with E-state index in [4.69, 9.17) is 10.5 Å². The molecule has 1 fully saturated rings. The Morgan fingerprint density at radius 3 is 2.68 bits per heavy atom. The van der Waals surface area contributed by atoms with Crippen molar-refractivity contribution in [2.75, 3.05) is 31.6 Å². The number of benzene rings is 1. The second kappa shape index (κ2) is 7.23. The summed E-state index contributed by atoms with van der Waals surface area (Å²) in [6, 6.07) is 7.39. The molecule has 0 aromatic heterocycles. The highest BCUT2D eigenvalue weighted by Gasteiger charge is 2.36. The molecule has 1 heterocycles. The monoisotopic (exact) mass is 345 g/mol. The van der Waals surface area contributed by atoms with Gasteiger partial charge >= 0.3 is 0 Å². The van der Waals surface area contributed by atoms with Crippen LogP contribution >= 0.6 is 0 Å². The molecule has 0 radical (unpaired) electrons. The van der Waals surface area contributed by atoms with E-state index in [0.29, 0.717) is 13.1 Å². The molecule has 0 saturated heterocycles. The lowest BCUT2D eigenvalue weighted by Gasteiger charge is -2.28. The number of carbonyl (C=O) groups excluding carboxylic acids is 3. The second-order valence-corrected chi connectivity index (χ2v) is 6.59. The smallest absolute Gasteiger partial charge is 0.243 e. The number of carbonyl (C=O) groups is 3. The van der Waals surface area contributed by atoms with E-state index in [2.05, 4.69) is 0 Å². The van der Waals surface area contributed by atoms with Crippen molar-refractivity contribution in [3.63, 3.8) is 0 Å². The maximum Gasteiger partial charge on any atom is 0.243 e. The number of anilines is 1. The molecule has 1 aromatic carbocycles. The van der Waals surface area contributed by atoms with Crippen molar-refractivity contribution in [1.29, 1.82) is 0 Å². The third-order valence-corrected chi connectivity index (χ3v) is 4.67. The van der Waals surface area contributed by atoms with Gasteiger partial charge in [-0.3, -0.25) is 14.4 Å². The predicted octanol–water partition coefficient (Wildman–Crippen LogP) is 0.835. The van der Waals surface area contributed by atoms with E-state index < -0.39 is 12.0 Å². The third kappa shape index (κ3) is 3.99. The molecule has 0 spiro atoms. The first-order valence-electron chi connectivity index (χ1n) is 8.51. The van der Waals surface area contributed by atoms with E-state index in [0.717, 1.165) is 24.1 Å². The predicted molar refractivity (Wildman–Crippen MR) is 91.7 cm³/mol. The molecule has 2 aliphatic rings. The van der Waals surface area contributed by atoms with Crippen LogP contribution in [0.25, 0.3) is 0 Å². The Balaban J connectivity index is 1.94. The topological polar surface area (TPSA) is 92.9 Å². The fourth-order valence-corrected chi connectivity index (χ4v) is 3.10. The summed E-state index contributed by atoms with van der Waals surface area (Å²) in [7, 11) is 1.71. The van der Waals surface area contributed by atoms with Crippen LogP contribution < -0.4 is 10.6 Å². The molecular weight excluding hydrogens is 322 g/mol. The number of hydrogen-bond acceptors (Lipinski definition) is 4. The first kappa shape index (κ1) is 17.4. The lowest BCUT2D eigenvalue weighted by atomic mass is 10.1. The number of para-hydroxylation sites is 1. The van der Waals surface area contributed by atoms with E-state index in [1.807, 2.05) is 24.3 Å². The molecule has 25 heavy (non-hydrogen) atoms. The Morgan fingerprint density at radius 2 is 2.00 bits per heavy atom. The molecule has 134 valence electrons. The van der Waals surface area contributed by atoms with Gasteiger partial charge in [-0.05, 0) is 18.9 Å². The van der Waals surface area contributed by atoms with Crippen LogP contribution in [0.5, 0.6) is 0 Å². The van der Waals surface area contributed by atoms with Crippen LogP contribution in [0.3, 0.4) is 0 Å². The largest absolute Gasteiger partial charge is 0.368 e. The number of rotatable bonds is 4. The van der Waals surface area contributed by atoms with E-state index in [1.54, 1.807) is 16.8 Å². The van der Waals surface area contributed by atoms with Gasteiger partial charge < -0.3 is 20.3 Å². The summed E-state index contributed by atoms with van der Waals surface area (Å²) in [6.45, 7) is 0.422. The molecule has 1 atom stereocenters. The quantitative estimate of drug-likeness (QED) is 0.875. The summed E-state index contributed by atoms with van der Waals surface area (Å²) < 4.78 is 5.72. The minimum atomic E-state index is -0.568. The average molecular weight is 345 g/mol. The zero-order valence-electron chi connectivity index (χ0n) is 14.3. The van der Waals surface area contributed by atoms with Gasteiger partial charge in [0.25, 0.3) is 0 Å². The number of hydrogen-bond donors (Lipinski definition) is 1. The fraction of sp³-hybridized carbons (Fsp3) is 0.500. The van der Waals surface area contributed by atoms with Crippen molar-refractivity contribution >= 4 is 23.4 Å². The van der Waals surface area contributed by atoms with Crippen LogP contribution in [0.4, 0.5) is 5.69 Å². The lowest BCUT2D eigenvalue weighted by Crippen LogP contribution is -2.38. The van der Waals surface area contributed by atoms with Crippen molar-refractivity contribution in [2.24, 2.45) is 11.7 Å². The van der Waals surface area contributed by atoms with E-state index >= 15 is 0 Å². The molecular formula is C18H23N3O4. The Kier molecular flexibility index (Phi) is 5.03. The van der Waals surface area contributed by atoms with Gasteiger partial charge in [-0.2, -0.15) is 0 Å². The number of ether oxygens (including phenoxy) is 1. The van der Waals surface area contributed by atoms with Gasteiger partial charge in [-0.1, -0.05) is 18.2 Å². The molecule has 3 amide bonds. The summed E-state index contributed by atoms with van der Waals surface area (Å²) >= 11 is 0. The third-order valence-electron chi connectivity index (χ3n) is 4.67. The van der Waals surface area contributed by atoms with Crippen molar-refractivity contribution in [3.8, 4) is 0 Å². The molecule has 7 heteroatoms. The number of amides is 3. The summed E-state index contributed by atoms with van der Waals surface area (Å²) in [5.41, 5.74) is 6.72. The summed E-state index contributed by atoms with van der Waals surface area (Å²) in [5.74, 6) is -0.512. The highest BCUT2D eigenvalue weighted by molar-refractivity contribution is 5.94. The average Bonchev–Trinajstić information content (AvgIpc) is 3.43. The van der Waals surface area contributed by atoms with Crippen LogP contribution in [-0.2, 0) is 19.1 Å². The first-order valence-corrected chi connectivity index (χ1v) is 8.51. The van der Waals surface area contributed by atoms with Crippen molar-refractivity contribution in [1.82, 2.24) is 4.90 Å². The van der Waals surface area contributed by atoms with E-state index in [-0.39, 0.29) is 30.8 Å². The summed E-state index contributed by atoms with van der Waals surface area (Å²) in [4.78, 5) is 39.5. The van der Waals surface area contributed by atoms with Gasteiger partial charge in [0.05, 0.1) is 6.54 Å². The molecule has 1 aliphatic heterocycles. The van der Waals surface area contributed by atoms with Gasteiger partial charge in [0, 0.05) is 37.2 Å². The Bertz CT molecular complexity index is 687. The van der Waals surface area contributed by atoms with E-state index in [9.17, 15) is 14.4 Å². The number of fused-ring (bicyclic) bond motifs is 1. The number of primary amides is 1. The van der Waals surface area contributed by atoms with Crippen LogP contribution in [0, 0.1) is 5.92 Å². The molecule has 1 saturated carbocycles. The maximum atomic E-state index is 12.6. The van der Waals surface area contributed by atoms with Crippen molar-refractivity contribution in [2.45, 2.75) is 25.4 Å². The number of nitrogens with two attached hydrogens (primary N) is 1. The van der Waals surface area contributed by atoms with Gasteiger partial charge in [-0.15, -0.1) is 0 Å². The Morgan fingerprint density at radius 1 is 1.28 bits per heavy atom. The van der Waals surface area contributed by atoms with Crippen LogP contribution in [0.1, 0.15) is 30.9 Å². The molecule has 2 N–H and O–H groups in total. The normalized spacial score (nSPS) is 21.2. The maximum absolute atomic E-state index is 12.6. The molecule has 7 nitrogen and oxygen atoms in total. The van der Waals surface area contributed by atoms with Crippen LogP contribution in [-0.4, -0.2) is 49.4 Å². The number of nitrogens with zero attached hydrogens (tertiary/aromatic N) is 2. The lowest BCUT2D eigenvalue weighted by molar-refractivity contribution is -0.135. The molecule has 1 aromatic rings.